The Kier molecular flexibility index (Phi) is 17.1. The van der Waals surface area contributed by atoms with Crippen molar-refractivity contribution in [2.75, 3.05) is 77.0 Å². The fourth-order valence-electron chi connectivity index (χ4n) is 8.93. The predicted octanol–water partition coefficient (Wildman–Crippen LogP) is 5.60. The molecule has 2 saturated heterocycles. The molecule has 0 radical (unpaired) electrons. The van der Waals surface area contributed by atoms with Crippen LogP contribution in [0.4, 0.5) is 0 Å². The number of nitrogens with one attached hydrogen (secondary N) is 2. The number of hydrogen-bond acceptors (Lipinski definition) is 14. The van der Waals surface area contributed by atoms with Crippen LogP contribution in [0.25, 0.3) is 22.3 Å². The largest absolute Gasteiger partial charge is 0.412 e. The van der Waals surface area contributed by atoms with Crippen LogP contribution < -0.4 is 0 Å². The van der Waals surface area contributed by atoms with Crippen LogP contribution in [0.1, 0.15) is 34.3 Å². The number of aliphatic hydroxyl groups excluding tert-OH is 2. The van der Waals surface area contributed by atoms with E-state index in [4.69, 9.17) is 0 Å². The number of hydrogen-bond donors (Lipinski definition) is 4. The van der Waals surface area contributed by atoms with Gasteiger partial charge in [0.25, 0.3) is 0 Å². The molecule has 0 spiro atoms. The Morgan fingerprint density at radius 2 is 0.776 bits per heavy atom. The molecule has 67 heavy (non-hydrogen) atoms. The number of aromatic nitrogens is 8. The Morgan fingerprint density at radius 1 is 0.448 bits per heavy atom. The van der Waals surface area contributed by atoms with Crippen LogP contribution in [-0.4, -0.2) is 164 Å². The predicted molar refractivity (Wildman–Crippen MR) is 266 cm³/mol. The number of imidazole rings is 2. The fraction of sp³-hybridized carbons (Fsp3) is 0.320. The van der Waals surface area contributed by atoms with Crippen molar-refractivity contribution in [3.8, 4) is 0 Å². The molecule has 6 heterocycles. The number of aromatic amines is 2. The van der Waals surface area contributed by atoms with E-state index >= 15 is 0 Å². The third-order valence-electron chi connectivity index (χ3n) is 12.1. The Labute approximate surface area is 399 Å². The zero-order valence-electron chi connectivity index (χ0n) is 37.3. The van der Waals surface area contributed by atoms with Crippen molar-refractivity contribution in [3.05, 3.63) is 169 Å². The average Bonchev–Trinajstić information content (AvgIpc) is 4.07. The molecular formula is C50H58N12O3S2. The number of aliphatic hydroxyl groups is 2. The highest BCUT2D eigenvalue weighted by molar-refractivity contribution is 7.99. The van der Waals surface area contributed by atoms with Crippen molar-refractivity contribution in [1.29, 1.82) is 0 Å². The van der Waals surface area contributed by atoms with E-state index < -0.39 is 12.2 Å². The Balaban J connectivity index is 0.000000179. The molecule has 348 valence electrons. The SMILES string of the molecule is O.OC(CSc1ncnc2nc[nH]c12)CN1CCN(C(c2ccccc2)c2ccccc2)CC1.OC(CSc1ncnc2nc[nH]c12)CN1CCN(C(c2ccccc2)c2ccccc2)CC1. The lowest BCUT2D eigenvalue weighted by Crippen LogP contribution is -2.49. The number of H-pyrrole nitrogens is 2. The summed E-state index contributed by atoms with van der Waals surface area (Å²) < 4.78 is 0. The van der Waals surface area contributed by atoms with Gasteiger partial charge in [0.15, 0.2) is 11.3 Å². The molecule has 2 aliphatic heterocycles. The van der Waals surface area contributed by atoms with Crippen LogP contribution in [-0.2, 0) is 0 Å². The van der Waals surface area contributed by atoms with E-state index in [-0.39, 0.29) is 17.6 Å². The van der Waals surface area contributed by atoms with Gasteiger partial charge in [0.2, 0.25) is 0 Å². The Hall–Kier alpha value is -5.60. The summed E-state index contributed by atoms with van der Waals surface area (Å²) in [5.41, 5.74) is 8.26. The molecule has 4 aromatic carbocycles. The van der Waals surface area contributed by atoms with Crippen LogP contribution in [0.3, 0.4) is 0 Å². The third-order valence-corrected chi connectivity index (χ3v) is 14.4. The molecular weight excluding hydrogens is 881 g/mol. The average molecular weight is 939 g/mol. The lowest BCUT2D eigenvalue weighted by molar-refractivity contribution is 0.0707. The maximum Gasteiger partial charge on any atom is 0.181 e. The van der Waals surface area contributed by atoms with Gasteiger partial charge in [-0.15, -0.1) is 23.5 Å². The van der Waals surface area contributed by atoms with Crippen molar-refractivity contribution < 1.29 is 15.7 Å². The number of rotatable bonds is 16. The van der Waals surface area contributed by atoms with E-state index in [9.17, 15) is 10.2 Å². The molecule has 0 aliphatic carbocycles. The van der Waals surface area contributed by atoms with Gasteiger partial charge in [-0.05, 0) is 22.3 Å². The lowest BCUT2D eigenvalue weighted by Gasteiger charge is -2.40. The van der Waals surface area contributed by atoms with E-state index in [2.05, 4.69) is 181 Å². The second-order valence-corrected chi connectivity index (χ2v) is 18.6. The number of nitrogens with zero attached hydrogens (tertiary/aromatic N) is 10. The summed E-state index contributed by atoms with van der Waals surface area (Å²) in [6.07, 6.45) is 5.44. The van der Waals surface area contributed by atoms with Crippen molar-refractivity contribution >= 4 is 45.9 Å². The van der Waals surface area contributed by atoms with E-state index in [1.807, 2.05) is 0 Å². The number of piperazine rings is 2. The minimum Gasteiger partial charge on any atom is -0.412 e. The highest BCUT2D eigenvalue weighted by Gasteiger charge is 2.29. The zero-order valence-corrected chi connectivity index (χ0v) is 39.0. The summed E-state index contributed by atoms with van der Waals surface area (Å²) in [6.45, 7) is 8.96. The molecule has 0 amide bonds. The Morgan fingerprint density at radius 3 is 1.10 bits per heavy atom. The van der Waals surface area contributed by atoms with Gasteiger partial charge in [-0.1, -0.05) is 121 Å². The minimum atomic E-state index is -0.423. The summed E-state index contributed by atoms with van der Waals surface area (Å²) in [4.78, 5) is 41.3. The van der Waals surface area contributed by atoms with E-state index in [1.54, 1.807) is 36.2 Å². The highest BCUT2D eigenvalue weighted by atomic mass is 32.2. The Bertz CT molecular complexity index is 2410. The van der Waals surface area contributed by atoms with Crippen LogP contribution in [0.15, 0.2) is 157 Å². The molecule has 0 bridgehead atoms. The lowest BCUT2D eigenvalue weighted by atomic mass is 9.96. The van der Waals surface area contributed by atoms with Gasteiger partial charge in [0, 0.05) is 77.0 Å². The molecule has 2 atom stereocenters. The van der Waals surface area contributed by atoms with Gasteiger partial charge in [0.1, 0.15) is 33.7 Å². The normalized spacial score (nSPS) is 16.2. The maximum atomic E-state index is 10.7. The number of benzene rings is 4. The zero-order chi connectivity index (χ0) is 44.9. The van der Waals surface area contributed by atoms with Gasteiger partial charge in [0.05, 0.1) is 36.9 Å². The number of β-amino-alcohol motifs (C(OH)–C–C–N with tert-alkyl or cyclic N) is 2. The third kappa shape index (κ3) is 12.5. The first-order valence-electron chi connectivity index (χ1n) is 22.6. The molecule has 2 unspecified atom stereocenters. The monoisotopic (exact) mass is 938 g/mol. The van der Waals surface area contributed by atoms with Gasteiger partial charge in [-0.25, -0.2) is 29.9 Å². The van der Waals surface area contributed by atoms with E-state index in [0.717, 1.165) is 73.4 Å². The van der Waals surface area contributed by atoms with Crippen molar-refractivity contribution in [1.82, 2.24) is 59.5 Å². The van der Waals surface area contributed by atoms with Gasteiger partial charge < -0.3 is 25.7 Å². The van der Waals surface area contributed by atoms with Crippen LogP contribution in [0.2, 0.25) is 0 Å². The van der Waals surface area contributed by atoms with Gasteiger partial charge in [-0.2, -0.15) is 0 Å². The summed E-state index contributed by atoms with van der Waals surface area (Å²) in [5.74, 6) is 1.17. The van der Waals surface area contributed by atoms with Crippen molar-refractivity contribution in [2.45, 2.75) is 34.3 Å². The molecule has 10 rings (SSSR count). The first-order chi connectivity index (χ1) is 32.6. The molecule has 2 aliphatic rings. The number of thioether (sulfide) groups is 2. The van der Waals surface area contributed by atoms with Crippen LogP contribution in [0.5, 0.6) is 0 Å². The maximum absolute atomic E-state index is 10.7. The minimum absolute atomic E-state index is 0. The number of fused-ring (bicyclic) bond motifs is 2. The van der Waals surface area contributed by atoms with Gasteiger partial charge >= 0.3 is 0 Å². The van der Waals surface area contributed by atoms with Crippen molar-refractivity contribution in [3.63, 3.8) is 0 Å². The first kappa shape index (κ1) is 47.9. The summed E-state index contributed by atoms with van der Waals surface area (Å²) in [5, 5.41) is 23.0. The topological polar surface area (TPSA) is 194 Å². The van der Waals surface area contributed by atoms with Crippen molar-refractivity contribution in [2.24, 2.45) is 0 Å². The molecule has 15 nitrogen and oxygen atoms in total. The second kappa shape index (κ2) is 23.9. The van der Waals surface area contributed by atoms with E-state index in [0.29, 0.717) is 35.9 Å². The first-order valence-corrected chi connectivity index (χ1v) is 24.6. The fourth-order valence-corrected chi connectivity index (χ4v) is 10.7. The standard InChI is InChI=1S/2C25H28N6OS.H2O/c2*32-21(16-33-25-22-24(27-17-26-22)28-18-29-25)15-30-11-13-31(14-12-30)23(19-7-3-1-4-8-19)20-9-5-2-6-10-20;/h2*1-10,17-18,21,23,32H,11-16H2,(H,26,27,28,29);1H2. The molecule has 17 heteroatoms. The molecule has 0 saturated carbocycles. The smallest absolute Gasteiger partial charge is 0.181 e. The van der Waals surface area contributed by atoms with E-state index in [1.165, 1.54) is 34.9 Å². The molecule has 4 aromatic heterocycles. The van der Waals surface area contributed by atoms with Crippen LogP contribution >= 0.6 is 23.5 Å². The van der Waals surface area contributed by atoms with Gasteiger partial charge in [-0.3, -0.25) is 19.6 Å². The summed E-state index contributed by atoms with van der Waals surface area (Å²) >= 11 is 3.08. The molecule has 8 aromatic rings. The second-order valence-electron chi connectivity index (χ2n) is 16.6. The quantitative estimate of drug-likeness (QED) is 0.0691. The van der Waals surface area contributed by atoms with Crippen LogP contribution in [0, 0.1) is 0 Å². The summed E-state index contributed by atoms with van der Waals surface area (Å²) in [7, 11) is 0. The molecule has 2 fully saturated rings. The highest BCUT2D eigenvalue weighted by Crippen LogP contribution is 2.32. The molecule has 6 N–H and O–H groups in total. The summed E-state index contributed by atoms with van der Waals surface area (Å²) in [6, 6.07) is 43.5.